The zero-order valence-corrected chi connectivity index (χ0v) is 12.2. The fourth-order valence-corrected chi connectivity index (χ4v) is 2.63. The molecule has 100 valence electrons. The zero-order valence-electron chi connectivity index (χ0n) is 12.2. The van der Waals surface area contributed by atoms with E-state index in [9.17, 15) is 0 Å². The predicted molar refractivity (Wildman–Crippen MR) is 79.1 cm³/mol. The van der Waals surface area contributed by atoms with E-state index in [2.05, 4.69) is 56.1 Å². The Bertz CT molecular complexity index is 398. The van der Waals surface area contributed by atoms with Crippen molar-refractivity contribution in [2.45, 2.75) is 46.7 Å². The quantitative estimate of drug-likeness (QED) is 0.876. The van der Waals surface area contributed by atoms with E-state index in [1.54, 1.807) is 0 Å². The molecule has 2 rings (SSSR count). The molecule has 1 atom stereocenters. The van der Waals surface area contributed by atoms with Gasteiger partial charge in [0.25, 0.3) is 0 Å². The van der Waals surface area contributed by atoms with Gasteiger partial charge < -0.3 is 10.2 Å². The number of aryl methyl sites for hydroxylation is 1. The number of rotatable bonds is 4. The second kappa shape index (κ2) is 5.75. The van der Waals surface area contributed by atoms with E-state index in [0.29, 0.717) is 6.04 Å². The van der Waals surface area contributed by atoms with Crippen LogP contribution in [0.5, 0.6) is 0 Å². The van der Waals surface area contributed by atoms with E-state index in [4.69, 9.17) is 0 Å². The molecule has 0 amide bonds. The molecule has 18 heavy (non-hydrogen) atoms. The number of anilines is 1. The highest BCUT2D eigenvalue weighted by molar-refractivity contribution is 5.55. The van der Waals surface area contributed by atoms with Crippen molar-refractivity contribution in [3.8, 4) is 0 Å². The maximum atomic E-state index is 3.54. The number of nitrogens with zero attached hydrogens (tertiary/aromatic N) is 1. The van der Waals surface area contributed by atoms with Crippen LogP contribution in [-0.4, -0.2) is 19.1 Å². The third-order valence-electron chi connectivity index (χ3n) is 3.70. The number of hydrogen-bond acceptors (Lipinski definition) is 2. The maximum Gasteiger partial charge on any atom is 0.0412 e. The average Bonchev–Trinajstić information content (AvgIpc) is 2.73. The first-order valence-corrected chi connectivity index (χ1v) is 7.14. The molecule has 0 saturated carbocycles. The molecule has 1 fully saturated rings. The summed E-state index contributed by atoms with van der Waals surface area (Å²) in [6.07, 6.45) is 1.32. The largest absolute Gasteiger partial charge is 0.371 e. The Balaban J connectivity index is 2.17. The molecule has 1 unspecified atom stereocenters. The summed E-state index contributed by atoms with van der Waals surface area (Å²) in [5, 5.41) is 3.54. The molecule has 1 aromatic rings. The summed E-state index contributed by atoms with van der Waals surface area (Å²) in [4.78, 5) is 2.54. The minimum absolute atomic E-state index is 0.538. The normalized spacial score (nSPS) is 19.8. The molecular weight excluding hydrogens is 220 g/mol. The molecule has 1 heterocycles. The van der Waals surface area contributed by atoms with Crippen molar-refractivity contribution >= 4 is 5.69 Å². The summed E-state index contributed by atoms with van der Waals surface area (Å²) in [5.41, 5.74) is 4.22. The molecule has 1 aliphatic heterocycles. The van der Waals surface area contributed by atoms with Crippen LogP contribution in [0.2, 0.25) is 0 Å². The Morgan fingerprint density at radius 3 is 2.78 bits per heavy atom. The maximum absolute atomic E-state index is 3.54. The van der Waals surface area contributed by atoms with Crippen LogP contribution in [0.15, 0.2) is 18.2 Å². The van der Waals surface area contributed by atoms with Gasteiger partial charge in [0.05, 0.1) is 0 Å². The van der Waals surface area contributed by atoms with Gasteiger partial charge >= 0.3 is 0 Å². The number of benzene rings is 1. The lowest BCUT2D eigenvalue weighted by molar-refractivity contribution is 0.588. The van der Waals surface area contributed by atoms with Crippen LogP contribution in [0.25, 0.3) is 0 Å². The van der Waals surface area contributed by atoms with Gasteiger partial charge in [0, 0.05) is 31.4 Å². The van der Waals surface area contributed by atoms with Crippen molar-refractivity contribution in [1.82, 2.24) is 5.32 Å². The standard InChI is InChI=1S/C16H26N2/c1-12(2)17-10-15-9-13(3)5-6-16(15)18-8-7-14(4)11-18/h5-6,9,12,14,17H,7-8,10-11H2,1-4H3. The van der Waals surface area contributed by atoms with Gasteiger partial charge in [-0.1, -0.05) is 38.5 Å². The molecule has 0 aromatic heterocycles. The highest BCUT2D eigenvalue weighted by Gasteiger charge is 2.20. The predicted octanol–water partition coefficient (Wildman–Crippen LogP) is 3.34. The summed E-state index contributed by atoms with van der Waals surface area (Å²) in [5.74, 6) is 0.831. The zero-order chi connectivity index (χ0) is 13.1. The summed E-state index contributed by atoms with van der Waals surface area (Å²) >= 11 is 0. The van der Waals surface area contributed by atoms with E-state index in [1.807, 2.05) is 0 Å². The second-order valence-electron chi connectivity index (χ2n) is 6.01. The lowest BCUT2D eigenvalue weighted by Crippen LogP contribution is -2.25. The van der Waals surface area contributed by atoms with E-state index in [1.165, 1.54) is 36.3 Å². The Morgan fingerprint density at radius 1 is 1.39 bits per heavy atom. The molecule has 1 aliphatic rings. The number of hydrogen-bond donors (Lipinski definition) is 1. The third kappa shape index (κ3) is 3.26. The van der Waals surface area contributed by atoms with Crippen LogP contribution in [0.4, 0.5) is 5.69 Å². The molecule has 1 aromatic carbocycles. The first kappa shape index (κ1) is 13.4. The molecule has 0 spiro atoms. The minimum Gasteiger partial charge on any atom is -0.371 e. The van der Waals surface area contributed by atoms with Crippen molar-refractivity contribution in [2.24, 2.45) is 5.92 Å². The minimum atomic E-state index is 0.538. The van der Waals surface area contributed by atoms with Crippen LogP contribution in [0, 0.1) is 12.8 Å². The van der Waals surface area contributed by atoms with Crippen molar-refractivity contribution in [3.05, 3.63) is 29.3 Å². The molecule has 0 bridgehead atoms. The highest BCUT2D eigenvalue weighted by Crippen LogP contribution is 2.27. The van der Waals surface area contributed by atoms with Crippen LogP contribution in [0.1, 0.15) is 38.3 Å². The van der Waals surface area contributed by atoms with Crippen LogP contribution in [0.3, 0.4) is 0 Å². The number of nitrogens with one attached hydrogen (secondary N) is 1. The smallest absolute Gasteiger partial charge is 0.0412 e. The Kier molecular flexibility index (Phi) is 4.28. The molecule has 0 aliphatic carbocycles. The lowest BCUT2D eigenvalue weighted by Gasteiger charge is -2.23. The first-order valence-electron chi connectivity index (χ1n) is 7.14. The van der Waals surface area contributed by atoms with Crippen molar-refractivity contribution < 1.29 is 0 Å². The van der Waals surface area contributed by atoms with Gasteiger partial charge in [-0.05, 0) is 30.9 Å². The summed E-state index contributed by atoms with van der Waals surface area (Å²) in [6.45, 7) is 12.3. The molecule has 1 N–H and O–H groups in total. The summed E-state index contributed by atoms with van der Waals surface area (Å²) < 4.78 is 0. The highest BCUT2D eigenvalue weighted by atomic mass is 15.2. The fourth-order valence-electron chi connectivity index (χ4n) is 2.63. The molecular formula is C16H26N2. The third-order valence-corrected chi connectivity index (χ3v) is 3.70. The average molecular weight is 246 g/mol. The Labute approximate surface area is 111 Å². The van der Waals surface area contributed by atoms with Gasteiger partial charge in [-0.2, -0.15) is 0 Å². The van der Waals surface area contributed by atoms with Crippen LogP contribution >= 0.6 is 0 Å². The van der Waals surface area contributed by atoms with Gasteiger partial charge in [-0.15, -0.1) is 0 Å². The molecule has 0 radical (unpaired) electrons. The van der Waals surface area contributed by atoms with Crippen molar-refractivity contribution in [1.29, 1.82) is 0 Å². The van der Waals surface area contributed by atoms with Gasteiger partial charge in [0.2, 0.25) is 0 Å². The van der Waals surface area contributed by atoms with Gasteiger partial charge in [-0.3, -0.25) is 0 Å². The lowest BCUT2D eigenvalue weighted by atomic mass is 10.1. The molecule has 2 heteroatoms. The van der Waals surface area contributed by atoms with Crippen LogP contribution in [-0.2, 0) is 6.54 Å². The van der Waals surface area contributed by atoms with Gasteiger partial charge in [0.15, 0.2) is 0 Å². The Morgan fingerprint density at radius 2 is 2.17 bits per heavy atom. The van der Waals surface area contributed by atoms with Crippen molar-refractivity contribution in [2.75, 3.05) is 18.0 Å². The SMILES string of the molecule is Cc1ccc(N2CCC(C)C2)c(CNC(C)C)c1. The summed E-state index contributed by atoms with van der Waals surface area (Å²) in [7, 11) is 0. The molecule has 2 nitrogen and oxygen atoms in total. The fraction of sp³-hybridized carbons (Fsp3) is 0.625. The topological polar surface area (TPSA) is 15.3 Å². The van der Waals surface area contributed by atoms with Gasteiger partial charge in [-0.25, -0.2) is 0 Å². The second-order valence-corrected chi connectivity index (χ2v) is 6.01. The first-order chi connectivity index (χ1) is 8.56. The van der Waals surface area contributed by atoms with E-state index >= 15 is 0 Å². The van der Waals surface area contributed by atoms with E-state index in [0.717, 1.165) is 12.5 Å². The van der Waals surface area contributed by atoms with Crippen LogP contribution < -0.4 is 10.2 Å². The Hall–Kier alpha value is -1.02. The molecule has 1 saturated heterocycles. The van der Waals surface area contributed by atoms with Gasteiger partial charge in [0.1, 0.15) is 0 Å². The van der Waals surface area contributed by atoms with E-state index < -0.39 is 0 Å². The van der Waals surface area contributed by atoms with E-state index in [-0.39, 0.29) is 0 Å². The summed E-state index contributed by atoms with van der Waals surface area (Å²) in [6, 6.07) is 7.39. The van der Waals surface area contributed by atoms with Crippen molar-refractivity contribution in [3.63, 3.8) is 0 Å². The monoisotopic (exact) mass is 246 g/mol.